The van der Waals surface area contributed by atoms with Crippen molar-refractivity contribution in [3.05, 3.63) is 36.7 Å². The van der Waals surface area contributed by atoms with Crippen LogP contribution in [0.1, 0.15) is 12.8 Å². The third-order valence-corrected chi connectivity index (χ3v) is 3.88. The maximum atomic E-state index is 12.1. The first-order chi connectivity index (χ1) is 12.8. The number of aromatic amines is 1. The second-order valence-corrected chi connectivity index (χ2v) is 5.88. The van der Waals surface area contributed by atoms with Crippen molar-refractivity contribution in [3.63, 3.8) is 0 Å². The van der Waals surface area contributed by atoms with Crippen molar-refractivity contribution < 1.29 is 27.9 Å². The van der Waals surface area contributed by atoms with Crippen LogP contribution >= 0.6 is 0 Å². The van der Waals surface area contributed by atoms with Crippen molar-refractivity contribution in [1.29, 1.82) is 0 Å². The molecule has 0 aliphatic carbocycles. The number of rotatable bonds is 3. The number of nitrogens with one attached hydrogen (secondary N) is 3. The van der Waals surface area contributed by atoms with Gasteiger partial charge in [-0.2, -0.15) is 18.3 Å². The molecule has 146 valence electrons. The zero-order valence-corrected chi connectivity index (χ0v) is 14.2. The maximum absolute atomic E-state index is 12.1. The summed E-state index contributed by atoms with van der Waals surface area (Å²) in [5.41, 5.74) is 2.96. The summed E-state index contributed by atoms with van der Waals surface area (Å²) >= 11 is 0. The lowest BCUT2D eigenvalue weighted by Crippen LogP contribution is -2.37. The number of carboxylic acids is 1. The molecule has 1 unspecified atom stereocenters. The molecule has 3 N–H and O–H groups in total. The molecule has 1 aliphatic rings. The van der Waals surface area contributed by atoms with Crippen LogP contribution in [0, 0.1) is 5.92 Å². The number of piperidine rings is 1. The Morgan fingerprint density at radius 3 is 2.33 bits per heavy atom. The van der Waals surface area contributed by atoms with Crippen molar-refractivity contribution in [2.75, 3.05) is 18.4 Å². The van der Waals surface area contributed by atoms with Gasteiger partial charge in [0, 0.05) is 24.0 Å². The van der Waals surface area contributed by atoms with Crippen LogP contribution in [0.25, 0.3) is 11.1 Å². The Hall–Kier alpha value is -2.88. The van der Waals surface area contributed by atoms with Gasteiger partial charge in [-0.15, -0.1) is 0 Å². The Labute approximate surface area is 153 Å². The molecule has 0 saturated carbocycles. The van der Waals surface area contributed by atoms with Gasteiger partial charge in [0.2, 0.25) is 5.91 Å². The standard InChI is InChI=1S/C15H18N4O.C2HF3O2/c20-15(12-2-1-7-16-8-12)19-14-5-3-11(4-6-14)13-9-17-18-10-13;3-2(4,5)1(6)7/h3-6,9-10,12,16H,1-2,7-8H2,(H,17,18)(H,19,20);(H,6,7)/p-1. The lowest BCUT2D eigenvalue weighted by atomic mass is 9.98. The third-order valence-electron chi connectivity index (χ3n) is 3.88. The summed E-state index contributed by atoms with van der Waals surface area (Å²) in [7, 11) is 0. The number of aromatic nitrogens is 2. The number of hydrogen-bond donors (Lipinski definition) is 3. The number of carboxylic acid groups (broad SMARTS) is 1. The third kappa shape index (κ3) is 6.41. The molecule has 7 nitrogen and oxygen atoms in total. The number of hydrogen-bond acceptors (Lipinski definition) is 5. The number of aliphatic carboxylic acids is 1. The molecule has 27 heavy (non-hydrogen) atoms. The highest BCUT2D eigenvalue weighted by atomic mass is 19.4. The number of alkyl halides is 3. The molecule has 2 aromatic rings. The number of carbonyl (C=O) groups excluding carboxylic acids is 2. The van der Waals surface area contributed by atoms with E-state index >= 15 is 0 Å². The summed E-state index contributed by atoms with van der Waals surface area (Å²) in [6, 6.07) is 7.83. The van der Waals surface area contributed by atoms with Gasteiger partial charge in [0.15, 0.2) is 0 Å². The van der Waals surface area contributed by atoms with Crippen LogP contribution in [0.2, 0.25) is 0 Å². The van der Waals surface area contributed by atoms with Crippen LogP contribution in [-0.2, 0) is 9.59 Å². The van der Waals surface area contributed by atoms with E-state index in [-0.39, 0.29) is 11.8 Å². The molecular weight excluding hydrogens is 365 g/mol. The highest BCUT2D eigenvalue weighted by molar-refractivity contribution is 5.93. The molecule has 1 aliphatic heterocycles. The van der Waals surface area contributed by atoms with Crippen LogP contribution in [0.3, 0.4) is 0 Å². The molecular formula is C17H18F3N4O3-. The minimum absolute atomic E-state index is 0.0808. The minimum Gasteiger partial charge on any atom is -0.542 e. The van der Waals surface area contributed by atoms with E-state index in [4.69, 9.17) is 9.90 Å². The van der Waals surface area contributed by atoms with E-state index in [9.17, 15) is 18.0 Å². The lowest BCUT2D eigenvalue weighted by Gasteiger charge is -2.21. The highest BCUT2D eigenvalue weighted by Gasteiger charge is 2.28. The normalized spacial score (nSPS) is 16.8. The average molecular weight is 383 g/mol. The van der Waals surface area contributed by atoms with Crippen LogP contribution in [0.15, 0.2) is 36.7 Å². The van der Waals surface area contributed by atoms with Gasteiger partial charge in [0.1, 0.15) is 5.97 Å². The molecule has 1 aromatic heterocycles. The zero-order chi connectivity index (χ0) is 19.9. The summed E-state index contributed by atoms with van der Waals surface area (Å²) in [5, 5.41) is 21.7. The Balaban J connectivity index is 0.000000321. The monoisotopic (exact) mass is 383 g/mol. The van der Waals surface area contributed by atoms with Gasteiger partial charge in [-0.3, -0.25) is 9.89 Å². The van der Waals surface area contributed by atoms with E-state index in [1.165, 1.54) is 0 Å². The molecule has 2 heterocycles. The second kappa shape index (κ2) is 9.17. The average Bonchev–Trinajstić information content (AvgIpc) is 3.17. The molecule has 0 spiro atoms. The number of nitrogens with zero attached hydrogens (tertiary/aromatic N) is 1. The maximum Gasteiger partial charge on any atom is 0.430 e. The van der Waals surface area contributed by atoms with E-state index in [0.717, 1.165) is 42.7 Å². The molecule has 0 radical (unpaired) electrons. The Morgan fingerprint density at radius 1 is 1.19 bits per heavy atom. The summed E-state index contributed by atoms with van der Waals surface area (Å²) in [4.78, 5) is 20.9. The van der Waals surface area contributed by atoms with Crippen molar-refractivity contribution in [3.8, 4) is 11.1 Å². The minimum atomic E-state index is -5.19. The number of anilines is 1. The second-order valence-electron chi connectivity index (χ2n) is 5.88. The molecule has 0 bridgehead atoms. The van der Waals surface area contributed by atoms with Crippen molar-refractivity contribution in [2.45, 2.75) is 19.0 Å². The van der Waals surface area contributed by atoms with Crippen molar-refractivity contribution in [2.24, 2.45) is 5.92 Å². The number of halogens is 3. The van der Waals surface area contributed by atoms with Crippen molar-refractivity contribution >= 4 is 17.6 Å². The van der Waals surface area contributed by atoms with E-state index in [1.54, 1.807) is 6.20 Å². The van der Waals surface area contributed by atoms with Crippen LogP contribution < -0.4 is 15.7 Å². The fourth-order valence-corrected chi connectivity index (χ4v) is 2.47. The fourth-order valence-electron chi connectivity index (χ4n) is 2.47. The molecule has 3 rings (SSSR count). The zero-order valence-electron chi connectivity index (χ0n) is 14.2. The van der Waals surface area contributed by atoms with E-state index in [0.29, 0.717) is 0 Å². The molecule has 1 fully saturated rings. The Bertz CT molecular complexity index is 740. The molecule has 1 aromatic carbocycles. The van der Waals surface area contributed by atoms with Gasteiger partial charge < -0.3 is 20.5 Å². The number of H-pyrrole nitrogens is 1. The van der Waals surface area contributed by atoms with Crippen LogP contribution in [-0.4, -0.2) is 41.3 Å². The summed E-state index contributed by atoms with van der Waals surface area (Å²) in [6.07, 6.45) is 0.464. The van der Waals surface area contributed by atoms with Crippen molar-refractivity contribution in [1.82, 2.24) is 15.5 Å². The first kappa shape index (κ1) is 20.4. The number of amides is 1. The Morgan fingerprint density at radius 2 is 1.85 bits per heavy atom. The molecule has 10 heteroatoms. The SMILES string of the molecule is O=C(Nc1ccc(-c2cn[nH]c2)cc1)C1CCCNC1.O=C([O-])C(F)(F)F. The fraction of sp³-hybridized carbons (Fsp3) is 0.353. The molecule has 1 atom stereocenters. The van der Waals surface area contributed by atoms with Gasteiger partial charge in [-0.25, -0.2) is 0 Å². The predicted molar refractivity (Wildman–Crippen MR) is 89.3 cm³/mol. The van der Waals surface area contributed by atoms with Gasteiger partial charge in [0.25, 0.3) is 0 Å². The molecule has 1 saturated heterocycles. The van der Waals surface area contributed by atoms with Gasteiger partial charge in [-0.1, -0.05) is 12.1 Å². The summed E-state index contributed by atoms with van der Waals surface area (Å²) in [6.45, 7) is 1.79. The Kier molecular flexibility index (Phi) is 6.94. The first-order valence-corrected chi connectivity index (χ1v) is 8.16. The summed E-state index contributed by atoms with van der Waals surface area (Å²) < 4.78 is 31.5. The van der Waals surface area contributed by atoms with Crippen LogP contribution in [0.4, 0.5) is 18.9 Å². The smallest absolute Gasteiger partial charge is 0.430 e. The van der Waals surface area contributed by atoms with Gasteiger partial charge in [-0.05, 0) is 37.1 Å². The quantitative estimate of drug-likeness (QED) is 0.740. The van der Waals surface area contributed by atoms with E-state index in [1.807, 2.05) is 30.5 Å². The first-order valence-electron chi connectivity index (χ1n) is 8.16. The predicted octanol–water partition coefficient (Wildman–Crippen LogP) is 1.31. The lowest BCUT2D eigenvalue weighted by molar-refractivity contribution is -0.344. The van der Waals surface area contributed by atoms with E-state index < -0.39 is 12.1 Å². The number of benzene rings is 1. The number of carbonyl (C=O) groups is 2. The highest BCUT2D eigenvalue weighted by Crippen LogP contribution is 2.21. The van der Waals surface area contributed by atoms with E-state index in [2.05, 4.69) is 20.8 Å². The van der Waals surface area contributed by atoms with Gasteiger partial charge in [0.05, 0.1) is 12.1 Å². The molecule has 1 amide bonds. The summed E-state index contributed by atoms with van der Waals surface area (Å²) in [5.74, 6) is -2.82. The largest absolute Gasteiger partial charge is 0.542 e. The van der Waals surface area contributed by atoms with Gasteiger partial charge >= 0.3 is 6.18 Å². The topological polar surface area (TPSA) is 110 Å². The van der Waals surface area contributed by atoms with Crippen LogP contribution in [0.5, 0.6) is 0 Å².